The van der Waals surface area contributed by atoms with Crippen molar-refractivity contribution in [2.24, 2.45) is 0 Å². The molecule has 0 radical (unpaired) electrons. The molecule has 1 aromatic carbocycles. The van der Waals surface area contributed by atoms with E-state index >= 15 is 0 Å². The number of hydrogen-bond donors (Lipinski definition) is 2. The molecule has 0 fully saturated rings. The molecule has 1 unspecified atom stereocenters. The predicted octanol–water partition coefficient (Wildman–Crippen LogP) is 2.85. The Morgan fingerprint density at radius 2 is 2.11 bits per heavy atom. The zero-order chi connectivity index (χ0) is 19.5. The fourth-order valence-electron chi connectivity index (χ4n) is 5.21. The van der Waals surface area contributed by atoms with Gasteiger partial charge in [0, 0.05) is 54.1 Å². The fourth-order valence-corrected chi connectivity index (χ4v) is 5.21. The molecule has 146 valence electrons. The second-order valence-electron chi connectivity index (χ2n) is 8.60. The third-order valence-corrected chi connectivity index (χ3v) is 6.54. The molecule has 3 aromatic rings. The van der Waals surface area contributed by atoms with E-state index in [9.17, 15) is 9.90 Å². The van der Waals surface area contributed by atoms with Crippen LogP contribution in [0.15, 0.2) is 35.3 Å². The lowest BCUT2D eigenvalue weighted by molar-refractivity contribution is 0.0000406. The summed E-state index contributed by atoms with van der Waals surface area (Å²) in [6.07, 6.45) is 4.98. The van der Waals surface area contributed by atoms with Crippen LogP contribution < -0.4 is 5.43 Å². The number of rotatable bonds is 2. The highest BCUT2D eigenvalue weighted by atomic mass is 16.3. The Balaban J connectivity index is 1.69. The first kappa shape index (κ1) is 17.7. The standard InChI is InChI=1S/C23H27N3O2/c1-15-5-6-19-16(12-15)17-13-25(2)11-8-20(17)26(19)14-23(28)9-3-4-18-22(23)21(27)7-10-24-18/h5-7,10,12,28H,3-4,8-9,11,13-14H2,1-2H3,(H,24,27). The Kier molecular flexibility index (Phi) is 4.00. The molecule has 1 atom stereocenters. The van der Waals surface area contributed by atoms with Crippen molar-refractivity contribution in [2.75, 3.05) is 13.6 Å². The van der Waals surface area contributed by atoms with Crippen LogP contribution in [0, 0.1) is 6.92 Å². The highest BCUT2D eigenvalue weighted by Crippen LogP contribution is 2.38. The van der Waals surface area contributed by atoms with Gasteiger partial charge < -0.3 is 19.6 Å². The van der Waals surface area contributed by atoms with E-state index in [1.807, 2.05) is 0 Å². The summed E-state index contributed by atoms with van der Waals surface area (Å²) in [6, 6.07) is 8.11. The van der Waals surface area contributed by atoms with Crippen molar-refractivity contribution in [3.8, 4) is 0 Å². The van der Waals surface area contributed by atoms with Crippen LogP contribution in [0.4, 0.5) is 0 Å². The molecule has 0 saturated carbocycles. The molecule has 2 N–H and O–H groups in total. The Hall–Kier alpha value is -2.37. The van der Waals surface area contributed by atoms with Crippen LogP contribution in [0.3, 0.4) is 0 Å². The summed E-state index contributed by atoms with van der Waals surface area (Å²) in [5.74, 6) is 0. The van der Waals surface area contributed by atoms with Gasteiger partial charge in [-0.05, 0) is 50.9 Å². The van der Waals surface area contributed by atoms with E-state index < -0.39 is 5.60 Å². The van der Waals surface area contributed by atoms with Gasteiger partial charge in [-0.2, -0.15) is 0 Å². The lowest BCUT2D eigenvalue weighted by Crippen LogP contribution is -2.41. The number of aryl methyl sites for hydroxylation is 2. The van der Waals surface area contributed by atoms with Crippen molar-refractivity contribution < 1.29 is 5.11 Å². The lowest BCUT2D eigenvalue weighted by atomic mass is 9.81. The van der Waals surface area contributed by atoms with E-state index in [1.165, 1.54) is 33.8 Å². The Morgan fingerprint density at radius 1 is 1.25 bits per heavy atom. The van der Waals surface area contributed by atoms with Crippen molar-refractivity contribution in [2.45, 2.75) is 51.3 Å². The van der Waals surface area contributed by atoms with Gasteiger partial charge in [0.2, 0.25) is 0 Å². The smallest absolute Gasteiger partial charge is 0.187 e. The quantitative estimate of drug-likeness (QED) is 0.722. The topological polar surface area (TPSA) is 61.3 Å². The Labute approximate surface area is 164 Å². The molecule has 2 aliphatic rings. The molecule has 5 heteroatoms. The van der Waals surface area contributed by atoms with E-state index in [4.69, 9.17) is 0 Å². The molecule has 0 spiro atoms. The average Bonchev–Trinajstić information content (AvgIpc) is 2.94. The van der Waals surface area contributed by atoms with E-state index in [2.05, 4.69) is 46.6 Å². The van der Waals surface area contributed by atoms with Gasteiger partial charge in [-0.25, -0.2) is 0 Å². The molecule has 28 heavy (non-hydrogen) atoms. The summed E-state index contributed by atoms with van der Waals surface area (Å²) in [7, 11) is 2.16. The molecule has 0 bridgehead atoms. The second-order valence-corrected chi connectivity index (χ2v) is 8.60. The highest BCUT2D eigenvalue weighted by Gasteiger charge is 2.38. The van der Waals surface area contributed by atoms with Crippen molar-refractivity contribution in [1.29, 1.82) is 0 Å². The van der Waals surface area contributed by atoms with Gasteiger partial charge in [0.25, 0.3) is 0 Å². The van der Waals surface area contributed by atoms with E-state index in [0.29, 0.717) is 18.5 Å². The Morgan fingerprint density at radius 3 is 2.96 bits per heavy atom. The summed E-state index contributed by atoms with van der Waals surface area (Å²) in [5.41, 5.74) is 5.37. The molecule has 0 amide bonds. The lowest BCUT2D eigenvalue weighted by Gasteiger charge is -2.35. The SMILES string of the molecule is Cc1ccc2c(c1)c1c(n2CC2(O)CCCc3[nH]ccc(=O)c32)CCN(C)C1. The van der Waals surface area contributed by atoms with Gasteiger partial charge in [0.1, 0.15) is 5.60 Å². The van der Waals surface area contributed by atoms with Gasteiger partial charge in [-0.1, -0.05) is 11.6 Å². The van der Waals surface area contributed by atoms with E-state index in [1.54, 1.807) is 6.20 Å². The first-order valence-electron chi connectivity index (χ1n) is 10.2. The third kappa shape index (κ3) is 2.65. The molecule has 3 heterocycles. The maximum absolute atomic E-state index is 12.7. The number of pyridine rings is 1. The van der Waals surface area contributed by atoms with Gasteiger partial charge in [0.05, 0.1) is 12.1 Å². The number of benzene rings is 1. The van der Waals surface area contributed by atoms with E-state index in [0.717, 1.165) is 38.0 Å². The Bertz CT molecular complexity index is 1130. The summed E-state index contributed by atoms with van der Waals surface area (Å²) >= 11 is 0. The second kappa shape index (κ2) is 6.33. The highest BCUT2D eigenvalue weighted by molar-refractivity contribution is 5.86. The zero-order valence-electron chi connectivity index (χ0n) is 16.6. The number of nitrogens with zero attached hydrogens (tertiary/aromatic N) is 2. The van der Waals surface area contributed by atoms with Crippen LogP contribution in [-0.2, 0) is 31.5 Å². The van der Waals surface area contributed by atoms with Gasteiger partial charge >= 0.3 is 0 Å². The number of hydrogen-bond acceptors (Lipinski definition) is 3. The summed E-state index contributed by atoms with van der Waals surface area (Å²) < 4.78 is 2.29. The predicted molar refractivity (Wildman–Crippen MR) is 111 cm³/mol. The number of aliphatic hydroxyl groups is 1. The monoisotopic (exact) mass is 377 g/mol. The van der Waals surface area contributed by atoms with Crippen LogP contribution >= 0.6 is 0 Å². The van der Waals surface area contributed by atoms with Crippen LogP contribution in [0.25, 0.3) is 10.9 Å². The zero-order valence-corrected chi connectivity index (χ0v) is 16.6. The van der Waals surface area contributed by atoms with Crippen molar-refractivity contribution >= 4 is 10.9 Å². The number of likely N-dealkylation sites (N-methyl/N-ethyl adjacent to an activating group) is 1. The first-order chi connectivity index (χ1) is 13.5. The molecular formula is C23H27N3O2. The fraction of sp³-hybridized carbons (Fsp3) is 0.435. The minimum Gasteiger partial charge on any atom is -0.383 e. The van der Waals surface area contributed by atoms with Crippen LogP contribution in [-0.4, -0.2) is 33.1 Å². The summed E-state index contributed by atoms with van der Waals surface area (Å²) in [6.45, 7) is 4.50. The maximum Gasteiger partial charge on any atom is 0.187 e. The molecule has 1 aliphatic carbocycles. The molecule has 2 aromatic heterocycles. The third-order valence-electron chi connectivity index (χ3n) is 6.54. The first-order valence-corrected chi connectivity index (χ1v) is 10.2. The molecule has 0 saturated heterocycles. The van der Waals surface area contributed by atoms with Crippen LogP contribution in [0.2, 0.25) is 0 Å². The van der Waals surface area contributed by atoms with Crippen LogP contribution in [0.1, 0.15) is 40.9 Å². The average molecular weight is 377 g/mol. The molecule has 5 nitrogen and oxygen atoms in total. The van der Waals surface area contributed by atoms with Crippen molar-refractivity contribution in [3.63, 3.8) is 0 Å². The number of H-pyrrole nitrogens is 1. The number of aromatic amines is 1. The molecule has 5 rings (SSSR count). The summed E-state index contributed by atoms with van der Waals surface area (Å²) in [4.78, 5) is 18.2. The largest absolute Gasteiger partial charge is 0.383 e. The minimum absolute atomic E-state index is 0.0585. The van der Waals surface area contributed by atoms with E-state index in [-0.39, 0.29) is 5.43 Å². The minimum atomic E-state index is -1.13. The van der Waals surface area contributed by atoms with Gasteiger partial charge in [-0.3, -0.25) is 4.79 Å². The summed E-state index contributed by atoms with van der Waals surface area (Å²) in [5, 5.41) is 13.0. The van der Waals surface area contributed by atoms with Crippen molar-refractivity contribution in [3.05, 3.63) is 68.8 Å². The molecule has 1 aliphatic heterocycles. The number of aromatic nitrogens is 2. The van der Waals surface area contributed by atoms with Gasteiger partial charge in [-0.15, -0.1) is 0 Å². The van der Waals surface area contributed by atoms with Crippen LogP contribution in [0.5, 0.6) is 0 Å². The number of nitrogens with one attached hydrogen (secondary N) is 1. The number of fused-ring (bicyclic) bond motifs is 4. The normalized spacial score (nSPS) is 22.2. The maximum atomic E-state index is 12.7. The molecular weight excluding hydrogens is 350 g/mol. The van der Waals surface area contributed by atoms with Gasteiger partial charge in [0.15, 0.2) is 5.43 Å². The van der Waals surface area contributed by atoms with Crippen molar-refractivity contribution in [1.82, 2.24) is 14.5 Å².